The van der Waals surface area contributed by atoms with Crippen molar-refractivity contribution < 1.29 is 19.1 Å². The minimum absolute atomic E-state index is 0.0686. The summed E-state index contributed by atoms with van der Waals surface area (Å²) in [6, 6.07) is 0.373. The molecular weight excluding hydrogens is 436 g/mol. The summed E-state index contributed by atoms with van der Waals surface area (Å²) >= 11 is 1.88. The third-order valence-corrected chi connectivity index (χ3v) is 8.28. The van der Waals surface area contributed by atoms with Crippen molar-refractivity contribution in [2.45, 2.75) is 140 Å². The summed E-state index contributed by atoms with van der Waals surface area (Å²) in [5, 5.41) is 6.33. The van der Waals surface area contributed by atoms with Gasteiger partial charge in [0.1, 0.15) is 0 Å². The van der Waals surface area contributed by atoms with Crippen LogP contribution in [0.4, 0.5) is 4.79 Å². The third-order valence-electron chi connectivity index (χ3n) is 6.77. The van der Waals surface area contributed by atoms with E-state index in [2.05, 4.69) is 17.6 Å². The molecule has 2 N–H and O–H groups in total. The highest BCUT2D eigenvalue weighted by atomic mass is 32.2. The van der Waals surface area contributed by atoms with E-state index in [1.165, 1.54) is 64.2 Å². The van der Waals surface area contributed by atoms with Gasteiger partial charge >= 0.3 is 18.0 Å². The van der Waals surface area contributed by atoms with Crippen molar-refractivity contribution >= 4 is 29.7 Å². The van der Waals surface area contributed by atoms with Gasteiger partial charge in [-0.3, -0.25) is 9.59 Å². The highest BCUT2D eigenvalue weighted by Gasteiger charge is 2.42. The molecule has 0 aromatic heterocycles. The number of fused-ring (bicyclic) bond motifs is 1. The monoisotopic (exact) mass is 482 g/mol. The van der Waals surface area contributed by atoms with Crippen molar-refractivity contribution in [3.8, 4) is 0 Å². The normalized spacial score (nSPS) is 21.5. The quantitative estimate of drug-likeness (QED) is 0.0982. The van der Waals surface area contributed by atoms with Crippen LogP contribution in [-0.2, 0) is 14.3 Å². The number of ether oxygens (including phenoxy) is 1. The average molecular weight is 483 g/mol. The lowest BCUT2D eigenvalue weighted by atomic mass is 10.0. The van der Waals surface area contributed by atoms with Gasteiger partial charge in [-0.15, -0.1) is 0 Å². The van der Waals surface area contributed by atoms with Crippen LogP contribution in [0.3, 0.4) is 0 Å². The molecule has 190 valence electrons. The largest absolute Gasteiger partial charge is 0.393 e. The molecule has 2 heterocycles. The Labute approximate surface area is 205 Å². The Bertz CT molecular complexity index is 587. The van der Waals surface area contributed by atoms with Gasteiger partial charge in [-0.1, -0.05) is 90.4 Å². The van der Waals surface area contributed by atoms with Crippen molar-refractivity contribution in [1.29, 1.82) is 0 Å². The highest BCUT2D eigenvalue weighted by molar-refractivity contribution is 8.00. The first-order valence-corrected chi connectivity index (χ1v) is 14.6. The Morgan fingerprint density at radius 2 is 1.30 bits per heavy atom. The van der Waals surface area contributed by atoms with Gasteiger partial charge in [-0.25, -0.2) is 4.79 Å². The van der Waals surface area contributed by atoms with E-state index >= 15 is 0 Å². The lowest BCUT2D eigenvalue weighted by Crippen LogP contribution is -2.36. The van der Waals surface area contributed by atoms with Gasteiger partial charge in [0.05, 0.1) is 12.1 Å². The first-order valence-electron chi connectivity index (χ1n) is 13.5. The molecule has 0 unspecified atom stereocenters. The minimum atomic E-state index is -0.400. The average Bonchev–Trinajstić information content (AvgIpc) is 3.33. The van der Waals surface area contributed by atoms with E-state index in [0.717, 1.165) is 44.3 Å². The van der Waals surface area contributed by atoms with Gasteiger partial charge in [0.15, 0.2) is 0 Å². The number of urea groups is 1. The molecule has 2 saturated heterocycles. The molecule has 2 amide bonds. The molecule has 2 aliphatic heterocycles. The Morgan fingerprint density at radius 1 is 0.788 bits per heavy atom. The molecule has 33 heavy (non-hydrogen) atoms. The molecule has 3 atom stereocenters. The van der Waals surface area contributed by atoms with E-state index in [4.69, 9.17) is 4.74 Å². The number of hydrogen-bond acceptors (Lipinski definition) is 5. The number of carbonyl (C=O) groups is 3. The standard InChI is InChI=1S/C26H46N2O4S/c1-2-3-4-5-6-7-8-9-10-11-12-13-14-18-23(29)32-24(30)19-16-15-17-22-25-21(20-33-22)27-26(31)28-25/h21-22,25H,2-20H2,1H3,(H2,27,28,31)/t21-,22-,25-/m0/s1. The number of hydrogen-bond donors (Lipinski definition) is 2. The number of unbranched alkanes of at least 4 members (excludes halogenated alkanes) is 13. The number of esters is 2. The predicted molar refractivity (Wildman–Crippen MR) is 135 cm³/mol. The van der Waals surface area contributed by atoms with E-state index in [1.54, 1.807) is 0 Å². The first kappa shape index (κ1) is 28.0. The lowest BCUT2D eigenvalue weighted by Gasteiger charge is -2.16. The number of carbonyl (C=O) groups excluding carboxylic acids is 3. The first-order chi connectivity index (χ1) is 16.1. The molecule has 0 saturated carbocycles. The number of rotatable bonds is 19. The van der Waals surface area contributed by atoms with Crippen LogP contribution in [0.1, 0.15) is 122 Å². The smallest absolute Gasteiger partial charge is 0.315 e. The van der Waals surface area contributed by atoms with Crippen LogP contribution in [0.25, 0.3) is 0 Å². The zero-order valence-electron chi connectivity index (χ0n) is 20.7. The minimum Gasteiger partial charge on any atom is -0.393 e. The Hall–Kier alpha value is -1.24. The maximum absolute atomic E-state index is 11.9. The van der Waals surface area contributed by atoms with Crippen LogP contribution < -0.4 is 10.6 Å². The van der Waals surface area contributed by atoms with Crippen LogP contribution in [0.2, 0.25) is 0 Å². The molecule has 0 aromatic carbocycles. The molecule has 7 heteroatoms. The van der Waals surface area contributed by atoms with Crippen molar-refractivity contribution in [2.75, 3.05) is 5.75 Å². The Kier molecular flexibility index (Phi) is 14.6. The second kappa shape index (κ2) is 17.2. The zero-order chi connectivity index (χ0) is 23.7. The second-order valence-corrected chi connectivity index (χ2v) is 11.0. The topological polar surface area (TPSA) is 84.5 Å². The molecule has 0 aliphatic carbocycles. The van der Waals surface area contributed by atoms with Crippen LogP contribution in [0, 0.1) is 0 Å². The summed E-state index contributed by atoms with van der Waals surface area (Å²) in [6.45, 7) is 2.26. The zero-order valence-corrected chi connectivity index (χ0v) is 21.5. The highest BCUT2D eigenvalue weighted by Crippen LogP contribution is 2.33. The van der Waals surface area contributed by atoms with Crippen LogP contribution >= 0.6 is 11.8 Å². The molecule has 6 nitrogen and oxygen atoms in total. The van der Waals surface area contributed by atoms with E-state index in [1.807, 2.05) is 11.8 Å². The number of nitrogens with one attached hydrogen (secondary N) is 2. The number of thioether (sulfide) groups is 1. The summed E-state index contributed by atoms with van der Waals surface area (Å²) < 4.78 is 4.96. The Morgan fingerprint density at radius 3 is 1.88 bits per heavy atom. The van der Waals surface area contributed by atoms with Crippen LogP contribution in [0.5, 0.6) is 0 Å². The summed E-state index contributed by atoms with van der Waals surface area (Å²) in [4.78, 5) is 35.2. The van der Waals surface area contributed by atoms with Crippen LogP contribution in [0.15, 0.2) is 0 Å². The van der Waals surface area contributed by atoms with Gasteiger partial charge in [0.25, 0.3) is 0 Å². The van der Waals surface area contributed by atoms with Crippen molar-refractivity contribution in [3.05, 3.63) is 0 Å². The maximum atomic E-state index is 11.9. The molecular formula is C26H46N2O4S. The molecule has 0 radical (unpaired) electrons. The van der Waals surface area contributed by atoms with Gasteiger partial charge in [-0.2, -0.15) is 11.8 Å². The van der Waals surface area contributed by atoms with Crippen molar-refractivity contribution in [2.24, 2.45) is 0 Å². The van der Waals surface area contributed by atoms with Crippen LogP contribution in [-0.4, -0.2) is 41.1 Å². The van der Waals surface area contributed by atoms with Gasteiger partial charge in [0, 0.05) is 23.8 Å². The molecule has 2 fully saturated rings. The SMILES string of the molecule is CCCCCCCCCCCCCCCC(=O)OC(=O)CCCC[C@@H]1SC[C@@H]2NC(=O)N[C@@H]21. The Balaban J connectivity index is 1.34. The molecule has 0 spiro atoms. The summed E-state index contributed by atoms with van der Waals surface area (Å²) in [5.74, 6) is 0.170. The fourth-order valence-corrected chi connectivity index (χ4v) is 6.32. The summed E-state index contributed by atoms with van der Waals surface area (Å²) in [7, 11) is 0. The van der Waals surface area contributed by atoms with Gasteiger partial charge in [-0.05, 0) is 19.3 Å². The summed E-state index contributed by atoms with van der Waals surface area (Å²) in [6.07, 6.45) is 19.7. The van der Waals surface area contributed by atoms with Gasteiger partial charge in [0.2, 0.25) is 0 Å². The van der Waals surface area contributed by atoms with Crippen molar-refractivity contribution in [1.82, 2.24) is 10.6 Å². The molecule has 0 aromatic rings. The predicted octanol–water partition coefficient (Wildman–Crippen LogP) is 6.26. The molecule has 0 bridgehead atoms. The summed E-state index contributed by atoms with van der Waals surface area (Å²) in [5.41, 5.74) is 0. The maximum Gasteiger partial charge on any atom is 0.315 e. The molecule has 2 rings (SSSR count). The third kappa shape index (κ3) is 12.2. The fourth-order valence-electron chi connectivity index (χ4n) is 4.77. The van der Waals surface area contributed by atoms with E-state index in [-0.39, 0.29) is 24.1 Å². The number of amides is 2. The molecule has 2 aliphatic rings. The van der Waals surface area contributed by atoms with Crippen molar-refractivity contribution in [3.63, 3.8) is 0 Å². The second-order valence-electron chi connectivity index (χ2n) is 9.71. The van der Waals surface area contributed by atoms with E-state index < -0.39 is 5.97 Å². The lowest BCUT2D eigenvalue weighted by molar-refractivity contribution is -0.159. The van der Waals surface area contributed by atoms with Gasteiger partial charge < -0.3 is 15.4 Å². The fraction of sp³-hybridized carbons (Fsp3) is 0.885. The van der Waals surface area contributed by atoms with E-state index in [9.17, 15) is 14.4 Å². The van der Waals surface area contributed by atoms with E-state index in [0.29, 0.717) is 18.1 Å².